The first kappa shape index (κ1) is 19.0. The van der Waals surface area contributed by atoms with Crippen molar-refractivity contribution >= 4 is 27.9 Å². The van der Waals surface area contributed by atoms with Crippen molar-refractivity contribution in [3.8, 4) is 11.5 Å². The van der Waals surface area contributed by atoms with Crippen LogP contribution in [0.3, 0.4) is 0 Å². The predicted molar refractivity (Wildman–Crippen MR) is 97.3 cm³/mol. The van der Waals surface area contributed by atoms with E-state index in [2.05, 4.69) is 15.9 Å². The minimum absolute atomic E-state index is 0.262. The van der Waals surface area contributed by atoms with Gasteiger partial charge in [-0.25, -0.2) is 9.59 Å². The van der Waals surface area contributed by atoms with Gasteiger partial charge in [0.1, 0.15) is 17.1 Å². The van der Waals surface area contributed by atoms with E-state index in [0.717, 1.165) is 10.9 Å². The molecule has 0 aliphatic heterocycles. The lowest BCUT2D eigenvalue weighted by atomic mass is 10.2. The maximum Gasteiger partial charge on any atom is 0.347 e. The molecule has 0 N–H and O–H groups in total. The number of esters is 2. The molecule has 5 nitrogen and oxygen atoms in total. The first-order chi connectivity index (χ1) is 12.0. The quantitative estimate of drug-likeness (QED) is 0.495. The Balaban J connectivity index is 2.18. The molecule has 0 aliphatic carbocycles. The number of rotatable bonds is 7. The van der Waals surface area contributed by atoms with Crippen LogP contribution in [0.5, 0.6) is 11.5 Å². The van der Waals surface area contributed by atoms with E-state index in [4.69, 9.17) is 14.2 Å². The Morgan fingerprint density at radius 1 is 1.04 bits per heavy atom. The van der Waals surface area contributed by atoms with Crippen molar-refractivity contribution in [1.29, 1.82) is 0 Å². The van der Waals surface area contributed by atoms with Crippen LogP contribution in [0.1, 0.15) is 41.0 Å². The van der Waals surface area contributed by atoms with E-state index in [-0.39, 0.29) is 5.75 Å². The van der Waals surface area contributed by atoms with E-state index in [1.165, 1.54) is 6.07 Å². The number of carbonyl (C=O) groups is 2. The monoisotopic (exact) mass is 406 g/mol. The number of hydrogen-bond donors (Lipinski definition) is 0. The summed E-state index contributed by atoms with van der Waals surface area (Å²) >= 11 is 3.33. The molecule has 0 heterocycles. The average molecular weight is 407 g/mol. The molecule has 0 spiro atoms. The van der Waals surface area contributed by atoms with E-state index < -0.39 is 11.9 Å². The lowest BCUT2D eigenvalue weighted by molar-refractivity contribution is 0.0503. The Hall–Kier alpha value is -2.34. The summed E-state index contributed by atoms with van der Waals surface area (Å²) in [7, 11) is 0. The third-order valence-electron chi connectivity index (χ3n) is 3.18. The van der Waals surface area contributed by atoms with Crippen LogP contribution in [0.25, 0.3) is 0 Å². The fourth-order valence-corrected chi connectivity index (χ4v) is 2.43. The maximum atomic E-state index is 12.5. The molecule has 132 valence electrons. The summed E-state index contributed by atoms with van der Waals surface area (Å²) in [4.78, 5) is 24.4. The Morgan fingerprint density at radius 3 is 2.56 bits per heavy atom. The van der Waals surface area contributed by atoms with Crippen LogP contribution < -0.4 is 9.47 Å². The molecule has 25 heavy (non-hydrogen) atoms. The second kappa shape index (κ2) is 9.22. The van der Waals surface area contributed by atoms with Gasteiger partial charge < -0.3 is 14.2 Å². The van der Waals surface area contributed by atoms with Crippen molar-refractivity contribution in [2.24, 2.45) is 0 Å². The van der Waals surface area contributed by atoms with Crippen molar-refractivity contribution in [1.82, 2.24) is 0 Å². The van der Waals surface area contributed by atoms with Gasteiger partial charge in [0.05, 0.1) is 18.8 Å². The summed E-state index contributed by atoms with van der Waals surface area (Å²) in [5.74, 6) is -0.311. The average Bonchev–Trinajstić information content (AvgIpc) is 2.61. The molecule has 0 bridgehead atoms. The Labute approximate surface area is 155 Å². The smallest absolute Gasteiger partial charge is 0.347 e. The Kier molecular flexibility index (Phi) is 7.01. The van der Waals surface area contributed by atoms with Crippen molar-refractivity contribution in [2.75, 3.05) is 13.2 Å². The largest absolute Gasteiger partial charge is 0.493 e. The second-order valence-electron chi connectivity index (χ2n) is 5.13. The van der Waals surface area contributed by atoms with E-state index in [1.807, 2.05) is 13.8 Å². The van der Waals surface area contributed by atoms with E-state index >= 15 is 0 Å². The summed E-state index contributed by atoms with van der Waals surface area (Å²) in [6, 6.07) is 11.4. The highest BCUT2D eigenvalue weighted by Gasteiger charge is 2.17. The minimum atomic E-state index is -0.566. The van der Waals surface area contributed by atoms with Crippen molar-refractivity contribution < 1.29 is 23.8 Å². The summed E-state index contributed by atoms with van der Waals surface area (Å²) in [5, 5.41) is 0. The molecule has 0 aliphatic rings. The van der Waals surface area contributed by atoms with Gasteiger partial charge in [0.15, 0.2) is 0 Å². The first-order valence-corrected chi connectivity index (χ1v) is 8.76. The number of ether oxygens (including phenoxy) is 3. The van der Waals surface area contributed by atoms with Crippen LogP contribution in [-0.2, 0) is 4.74 Å². The zero-order chi connectivity index (χ0) is 18.2. The molecule has 0 aromatic heterocycles. The molecule has 0 unspecified atom stereocenters. The second-order valence-corrected chi connectivity index (χ2v) is 6.04. The molecule has 2 aromatic carbocycles. The van der Waals surface area contributed by atoms with Crippen LogP contribution in [0, 0.1) is 0 Å². The molecular weight excluding hydrogens is 388 g/mol. The molecule has 0 atom stereocenters. The highest BCUT2D eigenvalue weighted by molar-refractivity contribution is 9.10. The van der Waals surface area contributed by atoms with E-state index in [9.17, 15) is 9.59 Å². The lowest BCUT2D eigenvalue weighted by Crippen LogP contribution is -2.12. The summed E-state index contributed by atoms with van der Waals surface area (Å²) in [5.41, 5.74) is 0.633. The van der Waals surface area contributed by atoms with Gasteiger partial charge in [0.25, 0.3) is 0 Å². The molecule has 0 saturated heterocycles. The number of carbonyl (C=O) groups excluding carboxylic acids is 2. The van der Waals surface area contributed by atoms with Crippen LogP contribution in [-0.4, -0.2) is 25.2 Å². The Bertz CT molecular complexity index is 757. The van der Waals surface area contributed by atoms with Crippen molar-refractivity contribution in [3.63, 3.8) is 0 Å². The highest BCUT2D eigenvalue weighted by atomic mass is 79.9. The first-order valence-electron chi connectivity index (χ1n) is 7.96. The van der Waals surface area contributed by atoms with Crippen molar-refractivity contribution in [3.05, 3.63) is 58.1 Å². The van der Waals surface area contributed by atoms with Crippen LogP contribution in [0.2, 0.25) is 0 Å². The summed E-state index contributed by atoms with van der Waals surface area (Å²) in [6.45, 7) is 4.53. The van der Waals surface area contributed by atoms with Gasteiger partial charge in [0.2, 0.25) is 0 Å². The molecule has 2 aromatic rings. The Morgan fingerprint density at radius 2 is 1.84 bits per heavy atom. The fraction of sp³-hybridized carbons (Fsp3) is 0.263. The SMILES string of the molecule is CCCOC(=O)c1cccc(OC(=O)c2cc(Br)ccc2OCC)c1. The standard InChI is InChI=1S/C19H19BrO5/c1-3-10-24-18(21)13-6-5-7-15(11-13)25-19(22)16-12-14(20)8-9-17(16)23-4-2/h5-9,11-12H,3-4,10H2,1-2H3. The van der Waals surface area contributed by atoms with Crippen LogP contribution in [0.15, 0.2) is 46.9 Å². The molecule has 0 amide bonds. The molecule has 0 fully saturated rings. The third-order valence-corrected chi connectivity index (χ3v) is 3.67. The summed E-state index contributed by atoms with van der Waals surface area (Å²) in [6.07, 6.45) is 0.740. The molecule has 0 radical (unpaired) electrons. The molecular formula is C19H19BrO5. The lowest BCUT2D eigenvalue weighted by Gasteiger charge is -2.11. The zero-order valence-electron chi connectivity index (χ0n) is 14.1. The molecule has 0 saturated carbocycles. The fourth-order valence-electron chi connectivity index (χ4n) is 2.07. The van der Waals surface area contributed by atoms with Crippen molar-refractivity contribution in [2.45, 2.75) is 20.3 Å². The normalized spacial score (nSPS) is 10.2. The topological polar surface area (TPSA) is 61.8 Å². The number of hydrogen-bond acceptors (Lipinski definition) is 5. The van der Waals surface area contributed by atoms with Crippen LogP contribution in [0.4, 0.5) is 0 Å². The van der Waals surface area contributed by atoms with Gasteiger partial charge >= 0.3 is 11.9 Å². The number of halogens is 1. The van der Waals surface area contributed by atoms with Gasteiger partial charge in [-0.3, -0.25) is 0 Å². The zero-order valence-corrected chi connectivity index (χ0v) is 15.7. The summed E-state index contributed by atoms with van der Waals surface area (Å²) < 4.78 is 16.7. The maximum absolute atomic E-state index is 12.5. The number of benzene rings is 2. The van der Waals surface area contributed by atoms with E-state index in [1.54, 1.807) is 36.4 Å². The van der Waals surface area contributed by atoms with Gasteiger partial charge in [-0.15, -0.1) is 0 Å². The van der Waals surface area contributed by atoms with Crippen LogP contribution >= 0.6 is 15.9 Å². The van der Waals surface area contributed by atoms with Gasteiger partial charge in [0, 0.05) is 4.47 Å². The van der Waals surface area contributed by atoms with E-state index in [0.29, 0.717) is 30.1 Å². The third kappa shape index (κ3) is 5.32. The van der Waals surface area contributed by atoms with Gasteiger partial charge in [-0.2, -0.15) is 0 Å². The van der Waals surface area contributed by atoms with Gasteiger partial charge in [-0.1, -0.05) is 28.9 Å². The van der Waals surface area contributed by atoms with Gasteiger partial charge in [-0.05, 0) is 49.7 Å². The minimum Gasteiger partial charge on any atom is -0.493 e. The molecule has 6 heteroatoms. The molecule has 2 rings (SSSR count). The highest BCUT2D eigenvalue weighted by Crippen LogP contribution is 2.25. The predicted octanol–water partition coefficient (Wildman–Crippen LogP) is 4.63.